The highest BCUT2D eigenvalue weighted by Crippen LogP contribution is 2.43. The lowest BCUT2D eigenvalue weighted by Crippen LogP contribution is -2.44. The molecule has 1 saturated carbocycles. The van der Waals surface area contributed by atoms with Crippen molar-refractivity contribution >= 4 is 0 Å². The Hall–Kier alpha value is -0.870. The molecule has 2 unspecified atom stereocenters. The third-order valence-corrected chi connectivity index (χ3v) is 4.88. The van der Waals surface area contributed by atoms with Gasteiger partial charge in [-0.2, -0.15) is 5.10 Å². The molecule has 0 amide bonds. The van der Waals surface area contributed by atoms with E-state index in [1.807, 2.05) is 24.0 Å². The van der Waals surface area contributed by atoms with Crippen LogP contribution >= 0.6 is 0 Å². The van der Waals surface area contributed by atoms with Crippen molar-refractivity contribution in [1.29, 1.82) is 0 Å². The number of aryl methyl sites for hydroxylation is 1. The predicted molar refractivity (Wildman–Crippen MR) is 74.6 cm³/mol. The van der Waals surface area contributed by atoms with Gasteiger partial charge in [0, 0.05) is 19.9 Å². The van der Waals surface area contributed by atoms with Gasteiger partial charge in [0.25, 0.3) is 0 Å². The van der Waals surface area contributed by atoms with Crippen molar-refractivity contribution in [3.8, 4) is 0 Å². The summed E-state index contributed by atoms with van der Waals surface area (Å²) in [4.78, 5) is 0. The van der Waals surface area contributed by atoms with E-state index in [0.29, 0.717) is 5.92 Å². The van der Waals surface area contributed by atoms with Gasteiger partial charge in [-0.1, -0.05) is 19.3 Å². The van der Waals surface area contributed by atoms with Gasteiger partial charge in [-0.3, -0.25) is 4.68 Å². The highest BCUT2D eigenvalue weighted by molar-refractivity contribution is 5.07. The van der Waals surface area contributed by atoms with E-state index in [-0.39, 0.29) is 11.6 Å². The molecule has 0 radical (unpaired) electrons. The lowest BCUT2D eigenvalue weighted by Gasteiger charge is -2.44. The van der Waals surface area contributed by atoms with Gasteiger partial charge >= 0.3 is 0 Å². The molecular formula is C15H25N3O. The molecule has 2 heterocycles. The molecule has 106 valence electrons. The lowest BCUT2D eigenvalue weighted by atomic mass is 9.74. The van der Waals surface area contributed by atoms with Gasteiger partial charge in [-0.25, -0.2) is 0 Å². The van der Waals surface area contributed by atoms with Crippen LogP contribution in [0.5, 0.6) is 0 Å². The zero-order valence-electron chi connectivity index (χ0n) is 11.8. The highest BCUT2D eigenvalue weighted by atomic mass is 16.5. The maximum atomic E-state index is 6.44. The molecular weight excluding hydrogens is 238 g/mol. The van der Waals surface area contributed by atoms with Crippen LogP contribution in [0.25, 0.3) is 0 Å². The molecule has 1 aromatic rings. The molecule has 1 aliphatic heterocycles. The summed E-state index contributed by atoms with van der Waals surface area (Å²) in [6.07, 6.45) is 10.6. The van der Waals surface area contributed by atoms with Crippen molar-refractivity contribution in [3.63, 3.8) is 0 Å². The maximum Gasteiger partial charge on any atom is 0.0794 e. The highest BCUT2D eigenvalue weighted by Gasteiger charge is 2.40. The van der Waals surface area contributed by atoms with Crippen molar-refractivity contribution in [2.45, 2.75) is 56.6 Å². The molecule has 2 fully saturated rings. The van der Waals surface area contributed by atoms with E-state index in [4.69, 9.17) is 10.5 Å². The van der Waals surface area contributed by atoms with E-state index in [1.165, 1.54) is 32.1 Å². The molecule has 1 aliphatic carbocycles. The smallest absolute Gasteiger partial charge is 0.0794 e. The lowest BCUT2D eigenvalue weighted by molar-refractivity contribution is -0.120. The monoisotopic (exact) mass is 263 g/mol. The van der Waals surface area contributed by atoms with Gasteiger partial charge in [0.1, 0.15) is 0 Å². The molecule has 1 aromatic heterocycles. The topological polar surface area (TPSA) is 53.1 Å². The maximum absolute atomic E-state index is 6.44. The average Bonchev–Trinajstić information content (AvgIpc) is 2.85. The molecule has 4 heteroatoms. The first kappa shape index (κ1) is 13.1. The van der Waals surface area contributed by atoms with Gasteiger partial charge in [-0.05, 0) is 37.7 Å². The fourth-order valence-corrected chi connectivity index (χ4v) is 3.77. The Bertz CT molecular complexity index is 417. The second-order valence-corrected chi connectivity index (χ2v) is 6.29. The molecule has 2 N–H and O–H groups in total. The van der Waals surface area contributed by atoms with E-state index in [1.54, 1.807) is 0 Å². The minimum Gasteiger partial charge on any atom is -0.375 e. The fourth-order valence-electron chi connectivity index (χ4n) is 3.77. The third kappa shape index (κ3) is 2.70. The van der Waals surface area contributed by atoms with Crippen LogP contribution < -0.4 is 5.73 Å². The molecule has 0 aromatic carbocycles. The third-order valence-electron chi connectivity index (χ3n) is 4.88. The number of aromatic nitrogens is 2. The number of nitrogens with two attached hydrogens (primary N) is 1. The van der Waals surface area contributed by atoms with Crippen LogP contribution in [0.1, 0.15) is 56.7 Å². The summed E-state index contributed by atoms with van der Waals surface area (Å²) in [5.74, 6) is 0.516. The first-order chi connectivity index (χ1) is 9.19. The molecule has 2 atom stereocenters. The normalized spacial score (nSPS) is 28.4. The number of nitrogens with zero attached hydrogens (tertiary/aromatic N) is 2. The van der Waals surface area contributed by atoms with Crippen molar-refractivity contribution in [3.05, 3.63) is 18.0 Å². The van der Waals surface area contributed by atoms with Gasteiger partial charge in [0.05, 0.1) is 17.3 Å². The summed E-state index contributed by atoms with van der Waals surface area (Å²) in [6.45, 7) is 0.866. The van der Waals surface area contributed by atoms with Crippen LogP contribution in [-0.2, 0) is 11.8 Å². The second kappa shape index (κ2) is 5.25. The van der Waals surface area contributed by atoms with Crippen LogP contribution in [0.15, 0.2) is 12.3 Å². The van der Waals surface area contributed by atoms with E-state index >= 15 is 0 Å². The minimum absolute atomic E-state index is 0.0592. The van der Waals surface area contributed by atoms with Crippen molar-refractivity contribution < 1.29 is 4.74 Å². The predicted octanol–water partition coefficient (Wildman–Crippen LogP) is 2.55. The Morgan fingerprint density at radius 1 is 1.42 bits per heavy atom. The van der Waals surface area contributed by atoms with Crippen LogP contribution in [-0.4, -0.2) is 22.0 Å². The van der Waals surface area contributed by atoms with Crippen molar-refractivity contribution in [1.82, 2.24) is 9.78 Å². The van der Waals surface area contributed by atoms with Crippen LogP contribution in [0.2, 0.25) is 0 Å². The first-order valence-electron chi connectivity index (χ1n) is 7.58. The molecule has 19 heavy (non-hydrogen) atoms. The Morgan fingerprint density at radius 2 is 2.21 bits per heavy atom. The van der Waals surface area contributed by atoms with E-state index < -0.39 is 0 Å². The van der Waals surface area contributed by atoms with E-state index in [2.05, 4.69) is 5.10 Å². The summed E-state index contributed by atoms with van der Waals surface area (Å²) in [5, 5.41) is 4.47. The molecule has 0 bridgehead atoms. The standard InChI is InChI=1S/C15H25N3O/c1-18-9-5-13(17-18)14(16)12-6-10-19-15(11-12)7-3-2-4-8-15/h5,9,12,14H,2-4,6-8,10-11,16H2,1H3. The zero-order valence-corrected chi connectivity index (χ0v) is 11.8. The van der Waals surface area contributed by atoms with Gasteiger partial charge in [0.2, 0.25) is 0 Å². The molecule has 3 rings (SSSR count). The molecule has 1 spiro atoms. The summed E-state index contributed by atoms with van der Waals surface area (Å²) in [5.41, 5.74) is 7.60. The van der Waals surface area contributed by atoms with Crippen LogP contribution in [0, 0.1) is 5.92 Å². The van der Waals surface area contributed by atoms with Gasteiger partial charge < -0.3 is 10.5 Å². The van der Waals surface area contributed by atoms with E-state index in [9.17, 15) is 0 Å². The SMILES string of the molecule is Cn1ccc(C(N)C2CCOC3(CCCCC3)C2)n1. The summed E-state index contributed by atoms with van der Waals surface area (Å²) in [7, 11) is 1.95. The summed E-state index contributed by atoms with van der Waals surface area (Å²) < 4.78 is 7.98. The second-order valence-electron chi connectivity index (χ2n) is 6.29. The number of ether oxygens (including phenoxy) is 1. The van der Waals surface area contributed by atoms with Crippen LogP contribution in [0.3, 0.4) is 0 Å². The quantitative estimate of drug-likeness (QED) is 0.892. The summed E-state index contributed by atoms with van der Waals surface area (Å²) in [6, 6.07) is 2.11. The number of hydrogen-bond donors (Lipinski definition) is 1. The van der Waals surface area contributed by atoms with Gasteiger partial charge in [0.15, 0.2) is 0 Å². The summed E-state index contributed by atoms with van der Waals surface area (Å²) >= 11 is 0. The Labute approximate surface area is 115 Å². The van der Waals surface area contributed by atoms with Crippen molar-refractivity contribution in [2.24, 2.45) is 18.7 Å². The number of rotatable bonds is 2. The average molecular weight is 263 g/mol. The van der Waals surface area contributed by atoms with E-state index in [0.717, 1.165) is 25.1 Å². The number of hydrogen-bond acceptors (Lipinski definition) is 3. The fraction of sp³-hybridized carbons (Fsp3) is 0.800. The molecule has 4 nitrogen and oxygen atoms in total. The molecule has 1 saturated heterocycles. The largest absolute Gasteiger partial charge is 0.375 e. The Kier molecular flexibility index (Phi) is 3.63. The minimum atomic E-state index is 0.0592. The van der Waals surface area contributed by atoms with Gasteiger partial charge in [-0.15, -0.1) is 0 Å². The van der Waals surface area contributed by atoms with Crippen molar-refractivity contribution in [2.75, 3.05) is 6.61 Å². The van der Waals surface area contributed by atoms with Crippen LogP contribution in [0.4, 0.5) is 0 Å². The Balaban J connectivity index is 1.70. The first-order valence-corrected chi connectivity index (χ1v) is 7.58. The zero-order chi connectivity index (χ0) is 13.3. The Morgan fingerprint density at radius 3 is 2.89 bits per heavy atom. The molecule has 2 aliphatic rings.